The first-order chi connectivity index (χ1) is 8.83. The largest absolute Gasteiger partial charge is 0.332 e. The van der Waals surface area contributed by atoms with E-state index >= 15 is 0 Å². The highest BCUT2D eigenvalue weighted by Crippen LogP contribution is 2.44. The fourth-order valence-electron chi connectivity index (χ4n) is 3.48. The summed E-state index contributed by atoms with van der Waals surface area (Å²) in [4.78, 5) is 23.1. The maximum Gasteiger partial charge on any atom is 0.223 e. The summed E-state index contributed by atoms with van der Waals surface area (Å²) in [5, 5.41) is 0. The predicted octanol–water partition coefficient (Wildman–Crippen LogP) is 1.86. The Kier molecular flexibility index (Phi) is 2.19. The summed E-state index contributed by atoms with van der Waals surface area (Å²) in [5.41, 5.74) is 2.35. The van der Waals surface area contributed by atoms with Gasteiger partial charge in [-0.3, -0.25) is 4.79 Å². The molecule has 3 aliphatic rings. The molecule has 2 atom stereocenters. The average molecular weight is 243 g/mol. The van der Waals surface area contributed by atoms with Crippen molar-refractivity contribution < 1.29 is 4.79 Å². The Balaban J connectivity index is 1.64. The minimum absolute atomic E-state index is 0.256. The van der Waals surface area contributed by atoms with Crippen LogP contribution in [0, 0.1) is 5.92 Å². The molecule has 1 amide bonds. The smallest absolute Gasteiger partial charge is 0.223 e. The van der Waals surface area contributed by atoms with Gasteiger partial charge in [0.1, 0.15) is 6.33 Å². The molecule has 3 heterocycles. The van der Waals surface area contributed by atoms with Crippen molar-refractivity contribution in [2.75, 3.05) is 0 Å². The van der Waals surface area contributed by atoms with Gasteiger partial charge in [-0.25, -0.2) is 9.97 Å². The molecule has 1 aromatic rings. The van der Waals surface area contributed by atoms with Gasteiger partial charge < -0.3 is 4.90 Å². The summed E-state index contributed by atoms with van der Waals surface area (Å²) in [7, 11) is 0. The van der Waals surface area contributed by atoms with Crippen molar-refractivity contribution in [1.82, 2.24) is 14.9 Å². The first kappa shape index (κ1) is 10.5. The molecule has 4 nitrogen and oxygen atoms in total. The van der Waals surface area contributed by atoms with Gasteiger partial charge in [-0.05, 0) is 31.6 Å². The van der Waals surface area contributed by atoms with Crippen LogP contribution in [0.2, 0.25) is 0 Å². The van der Waals surface area contributed by atoms with Gasteiger partial charge in [0.2, 0.25) is 5.91 Å². The summed E-state index contributed by atoms with van der Waals surface area (Å²) in [6.07, 6.45) is 9.91. The average Bonchev–Trinajstić information content (AvgIpc) is 3.13. The van der Waals surface area contributed by atoms with Crippen molar-refractivity contribution in [3.8, 4) is 0 Å². The topological polar surface area (TPSA) is 46.1 Å². The lowest BCUT2D eigenvalue weighted by Crippen LogP contribution is -2.42. The molecule has 4 rings (SSSR count). The zero-order chi connectivity index (χ0) is 12.1. The molecule has 0 aromatic carbocycles. The SMILES string of the molecule is O=C(CC1CC1)N1C2CCC1c1cncnc1C2. The zero-order valence-corrected chi connectivity index (χ0v) is 10.4. The van der Waals surface area contributed by atoms with Gasteiger partial charge in [0.15, 0.2) is 0 Å². The summed E-state index contributed by atoms with van der Waals surface area (Å²) in [6, 6.07) is 0.648. The van der Waals surface area contributed by atoms with Gasteiger partial charge in [-0.1, -0.05) is 0 Å². The van der Waals surface area contributed by atoms with Crippen LogP contribution < -0.4 is 0 Å². The van der Waals surface area contributed by atoms with Crippen molar-refractivity contribution in [3.63, 3.8) is 0 Å². The van der Waals surface area contributed by atoms with Gasteiger partial charge in [0, 0.05) is 30.6 Å². The number of rotatable bonds is 2. The zero-order valence-electron chi connectivity index (χ0n) is 10.4. The second-order valence-electron chi connectivity index (χ2n) is 5.82. The molecular formula is C14H17N3O. The molecule has 2 unspecified atom stereocenters. The Hall–Kier alpha value is -1.45. The third-order valence-electron chi connectivity index (χ3n) is 4.57. The normalized spacial score (nSPS) is 29.2. The molecule has 2 aliphatic heterocycles. The van der Waals surface area contributed by atoms with Gasteiger partial charge in [0.25, 0.3) is 0 Å². The third-order valence-corrected chi connectivity index (χ3v) is 4.57. The standard InChI is InChI=1S/C14H17N3O/c18-14(5-9-1-2-9)17-10-3-4-13(17)11-7-15-8-16-12(11)6-10/h7-10,13H,1-6H2. The minimum atomic E-state index is 0.256. The molecule has 2 fully saturated rings. The number of hydrogen-bond acceptors (Lipinski definition) is 3. The monoisotopic (exact) mass is 243 g/mol. The van der Waals surface area contributed by atoms with Crippen LogP contribution in [0.4, 0.5) is 0 Å². The maximum atomic E-state index is 12.4. The Labute approximate surface area is 106 Å². The van der Waals surface area contributed by atoms with Crippen molar-refractivity contribution in [2.45, 2.75) is 50.6 Å². The molecule has 94 valence electrons. The second kappa shape index (κ2) is 3.77. The predicted molar refractivity (Wildman–Crippen MR) is 65.7 cm³/mol. The number of nitrogens with zero attached hydrogens (tertiary/aromatic N) is 3. The van der Waals surface area contributed by atoms with Gasteiger partial charge in [-0.15, -0.1) is 0 Å². The lowest BCUT2D eigenvalue weighted by atomic mass is 9.98. The Morgan fingerprint density at radius 1 is 1.33 bits per heavy atom. The molecule has 0 N–H and O–H groups in total. The van der Waals surface area contributed by atoms with E-state index < -0.39 is 0 Å². The highest BCUT2D eigenvalue weighted by molar-refractivity contribution is 5.78. The molecule has 18 heavy (non-hydrogen) atoms. The first-order valence-corrected chi connectivity index (χ1v) is 6.93. The Morgan fingerprint density at radius 3 is 3.06 bits per heavy atom. The van der Waals surface area contributed by atoms with E-state index in [9.17, 15) is 4.79 Å². The molecule has 1 saturated carbocycles. The highest BCUT2D eigenvalue weighted by Gasteiger charge is 2.43. The van der Waals surface area contributed by atoms with E-state index in [1.807, 2.05) is 6.20 Å². The number of carbonyl (C=O) groups is 1. The second-order valence-corrected chi connectivity index (χ2v) is 5.82. The lowest BCUT2D eigenvalue weighted by Gasteiger charge is -2.35. The van der Waals surface area contributed by atoms with Gasteiger partial charge in [0.05, 0.1) is 11.7 Å². The van der Waals surface area contributed by atoms with Crippen molar-refractivity contribution in [3.05, 3.63) is 23.8 Å². The van der Waals surface area contributed by atoms with E-state index in [2.05, 4.69) is 14.9 Å². The van der Waals surface area contributed by atoms with E-state index in [0.29, 0.717) is 17.9 Å². The van der Waals surface area contributed by atoms with E-state index in [1.165, 1.54) is 18.4 Å². The summed E-state index contributed by atoms with van der Waals surface area (Å²) >= 11 is 0. The highest BCUT2D eigenvalue weighted by atomic mass is 16.2. The number of hydrogen-bond donors (Lipinski definition) is 0. The third kappa shape index (κ3) is 1.55. The molecule has 2 bridgehead atoms. The number of aromatic nitrogens is 2. The summed E-state index contributed by atoms with van der Waals surface area (Å²) in [5.74, 6) is 1.03. The maximum absolute atomic E-state index is 12.4. The van der Waals surface area contributed by atoms with Crippen LogP contribution in [0.25, 0.3) is 0 Å². The number of carbonyl (C=O) groups excluding carboxylic acids is 1. The summed E-state index contributed by atoms with van der Waals surface area (Å²) < 4.78 is 0. The first-order valence-electron chi connectivity index (χ1n) is 6.93. The molecular weight excluding hydrogens is 226 g/mol. The molecule has 4 heteroatoms. The van der Waals surface area contributed by atoms with Gasteiger partial charge in [-0.2, -0.15) is 0 Å². The molecule has 0 radical (unpaired) electrons. The van der Waals surface area contributed by atoms with E-state index in [-0.39, 0.29) is 6.04 Å². The van der Waals surface area contributed by atoms with Crippen LogP contribution in [0.1, 0.15) is 49.4 Å². The fourth-order valence-corrected chi connectivity index (χ4v) is 3.48. The van der Waals surface area contributed by atoms with Crippen LogP contribution in [-0.4, -0.2) is 26.8 Å². The molecule has 1 aliphatic carbocycles. The van der Waals surface area contributed by atoms with Crippen molar-refractivity contribution in [2.24, 2.45) is 5.92 Å². The van der Waals surface area contributed by atoms with Crippen LogP contribution in [0.3, 0.4) is 0 Å². The van der Waals surface area contributed by atoms with Crippen LogP contribution in [0.5, 0.6) is 0 Å². The molecule has 0 spiro atoms. The van der Waals surface area contributed by atoms with Crippen LogP contribution in [-0.2, 0) is 11.2 Å². The Morgan fingerprint density at radius 2 is 2.22 bits per heavy atom. The Bertz CT molecular complexity index is 498. The summed E-state index contributed by atoms with van der Waals surface area (Å²) in [6.45, 7) is 0. The molecule has 1 aromatic heterocycles. The van der Waals surface area contributed by atoms with Crippen molar-refractivity contribution in [1.29, 1.82) is 0 Å². The fraction of sp³-hybridized carbons (Fsp3) is 0.643. The van der Waals surface area contributed by atoms with E-state index in [0.717, 1.165) is 31.4 Å². The quantitative estimate of drug-likeness (QED) is 0.796. The minimum Gasteiger partial charge on any atom is -0.332 e. The van der Waals surface area contributed by atoms with E-state index in [4.69, 9.17) is 0 Å². The van der Waals surface area contributed by atoms with Crippen LogP contribution in [0.15, 0.2) is 12.5 Å². The lowest BCUT2D eigenvalue weighted by molar-refractivity contribution is -0.135. The molecule has 1 saturated heterocycles. The van der Waals surface area contributed by atoms with Gasteiger partial charge >= 0.3 is 0 Å². The number of fused-ring (bicyclic) bond motifs is 4. The van der Waals surface area contributed by atoms with E-state index in [1.54, 1.807) is 6.33 Å². The number of amides is 1. The van der Waals surface area contributed by atoms with Crippen LogP contribution >= 0.6 is 0 Å². The van der Waals surface area contributed by atoms with Crippen molar-refractivity contribution >= 4 is 5.91 Å².